The quantitative estimate of drug-likeness (QED) is 0.356. The molecule has 6 atom stereocenters. The Morgan fingerprint density at radius 3 is 1.59 bits per heavy atom. The number of ether oxygens (including phenoxy) is 1. The molecule has 7 heteroatoms. The van der Waals surface area contributed by atoms with E-state index in [9.17, 15) is 19.2 Å². The van der Waals surface area contributed by atoms with Gasteiger partial charge in [-0.15, -0.1) is 0 Å². The molecule has 41 heavy (non-hydrogen) atoms. The maximum atomic E-state index is 13.8. The Bertz CT molecular complexity index is 1330. The number of hydrogen-bond acceptors (Lipinski definition) is 5. The van der Waals surface area contributed by atoms with Crippen LogP contribution in [0.1, 0.15) is 78.2 Å². The molecule has 7 nitrogen and oxygen atoms in total. The fraction of sp³-hybridized carbons (Fsp3) is 0.529. The van der Waals surface area contributed by atoms with Gasteiger partial charge in [-0.3, -0.25) is 29.0 Å². The van der Waals surface area contributed by atoms with Crippen LogP contribution < -0.4 is 9.64 Å². The first-order chi connectivity index (χ1) is 19.6. The first-order valence-electron chi connectivity index (χ1n) is 15.3. The number of carbonyl (C=O) groups excluding carboxylic acids is 4. The number of benzene rings is 2. The van der Waals surface area contributed by atoms with E-state index in [0.29, 0.717) is 36.6 Å². The number of likely N-dealkylation sites (tertiary alicyclic amines) is 1. The van der Waals surface area contributed by atoms with E-state index < -0.39 is 29.2 Å². The second-order valence-corrected chi connectivity index (χ2v) is 12.9. The summed E-state index contributed by atoms with van der Waals surface area (Å²) in [7, 11) is 0. The van der Waals surface area contributed by atoms with Gasteiger partial charge in [-0.1, -0.05) is 32.9 Å². The monoisotopic (exact) mass is 556 g/mol. The van der Waals surface area contributed by atoms with Gasteiger partial charge < -0.3 is 4.74 Å². The molecule has 2 aliphatic heterocycles. The molecule has 216 valence electrons. The highest BCUT2D eigenvalue weighted by Crippen LogP contribution is 2.61. The molecule has 2 saturated heterocycles. The highest BCUT2D eigenvalue weighted by atomic mass is 16.5. The lowest BCUT2D eigenvalue weighted by Gasteiger charge is -2.48. The number of hydrogen-bond donors (Lipinski definition) is 0. The third-order valence-electron chi connectivity index (χ3n) is 10.6. The van der Waals surface area contributed by atoms with Gasteiger partial charge in [-0.2, -0.15) is 0 Å². The lowest BCUT2D eigenvalue weighted by Crippen LogP contribution is -2.53. The second-order valence-electron chi connectivity index (χ2n) is 12.9. The van der Waals surface area contributed by atoms with Crippen molar-refractivity contribution in [2.24, 2.45) is 35.5 Å². The van der Waals surface area contributed by atoms with E-state index in [1.807, 2.05) is 32.9 Å². The molecule has 5 fully saturated rings. The summed E-state index contributed by atoms with van der Waals surface area (Å²) in [6, 6.07) is 15.2. The van der Waals surface area contributed by atoms with Crippen LogP contribution in [0.3, 0.4) is 0 Å². The van der Waals surface area contributed by atoms with Crippen molar-refractivity contribution in [3.05, 3.63) is 54.1 Å². The number of fused-ring (bicyclic) bond motifs is 1. The average Bonchev–Trinajstić information content (AvgIpc) is 3.42. The van der Waals surface area contributed by atoms with Crippen LogP contribution >= 0.6 is 0 Å². The van der Waals surface area contributed by atoms with Gasteiger partial charge in [0.15, 0.2) is 0 Å². The van der Waals surface area contributed by atoms with Crippen molar-refractivity contribution in [1.82, 2.24) is 4.90 Å². The number of imide groups is 2. The van der Waals surface area contributed by atoms with Crippen LogP contribution in [-0.2, 0) is 19.2 Å². The minimum absolute atomic E-state index is 0.159. The van der Waals surface area contributed by atoms with Crippen LogP contribution in [0.25, 0.3) is 0 Å². The molecule has 7 rings (SSSR count). The van der Waals surface area contributed by atoms with Gasteiger partial charge in [0.25, 0.3) is 0 Å². The number of nitrogens with zero attached hydrogens (tertiary/aromatic N) is 2. The molecule has 2 aromatic rings. The van der Waals surface area contributed by atoms with E-state index in [1.165, 1.54) is 15.4 Å². The summed E-state index contributed by atoms with van der Waals surface area (Å²) < 4.78 is 6.04. The Labute approximate surface area is 242 Å². The third-order valence-corrected chi connectivity index (χ3v) is 10.6. The van der Waals surface area contributed by atoms with Crippen LogP contribution in [-0.4, -0.2) is 34.1 Å². The normalized spacial score (nSPS) is 29.0. The molecule has 2 bridgehead atoms. The molecule has 0 spiro atoms. The van der Waals surface area contributed by atoms with E-state index in [0.717, 1.165) is 18.6 Å². The van der Waals surface area contributed by atoms with Crippen LogP contribution in [0.5, 0.6) is 11.5 Å². The molecule has 0 radical (unpaired) electrons. The van der Waals surface area contributed by atoms with Gasteiger partial charge in [-0.25, -0.2) is 0 Å². The van der Waals surface area contributed by atoms with Gasteiger partial charge in [0.1, 0.15) is 11.5 Å². The first kappa shape index (κ1) is 27.7. The summed E-state index contributed by atoms with van der Waals surface area (Å²) in [6.45, 7) is 10.2. The number of anilines is 1. The average molecular weight is 557 g/mol. The fourth-order valence-electron chi connectivity index (χ4n) is 8.15. The Hall–Kier alpha value is -3.48. The van der Waals surface area contributed by atoms with Crippen molar-refractivity contribution >= 4 is 29.3 Å². The number of amides is 4. The van der Waals surface area contributed by atoms with Crippen molar-refractivity contribution in [2.45, 2.75) is 78.2 Å². The summed E-state index contributed by atoms with van der Waals surface area (Å²) >= 11 is 0. The molecule has 2 heterocycles. The molecule has 5 aliphatic rings. The van der Waals surface area contributed by atoms with Gasteiger partial charge in [0.05, 0.1) is 29.4 Å². The van der Waals surface area contributed by atoms with E-state index in [1.54, 1.807) is 24.3 Å². The zero-order chi connectivity index (χ0) is 29.2. The van der Waals surface area contributed by atoms with Crippen molar-refractivity contribution in [2.75, 3.05) is 4.90 Å². The third kappa shape index (κ3) is 4.14. The lowest BCUT2D eigenvalue weighted by atomic mass is 9.51. The predicted molar refractivity (Wildman–Crippen MR) is 155 cm³/mol. The maximum Gasteiger partial charge on any atom is 0.237 e. The van der Waals surface area contributed by atoms with Crippen molar-refractivity contribution < 1.29 is 23.9 Å². The zero-order valence-electron chi connectivity index (χ0n) is 24.6. The summed E-state index contributed by atoms with van der Waals surface area (Å²) in [4.78, 5) is 57.6. The Kier molecular flexibility index (Phi) is 6.82. The van der Waals surface area contributed by atoms with Crippen LogP contribution in [0.4, 0.5) is 5.69 Å². The SMILES string of the molecule is CCC(CC)c1ccc(Oc2ccc(N3C(=O)C4C5CCC(C4C3=O)C3C(=O)N(C(C)(C)CC)C(=O)C53)cc2)cc1. The summed E-state index contributed by atoms with van der Waals surface area (Å²) in [5, 5.41) is 0. The van der Waals surface area contributed by atoms with Crippen molar-refractivity contribution in [3.8, 4) is 11.5 Å². The van der Waals surface area contributed by atoms with E-state index >= 15 is 0 Å². The molecule has 6 unspecified atom stereocenters. The molecular weight excluding hydrogens is 516 g/mol. The van der Waals surface area contributed by atoms with Gasteiger partial charge >= 0.3 is 0 Å². The van der Waals surface area contributed by atoms with E-state index in [4.69, 9.17) is 4.74 Å². The zero-order valence-corrected chi connectivity index (χ0v) is 24.6. The molecule has 0 aromatic heterocycles. The van der Waals surface area contributed by atoms with Gasteiger partial charge in [-0.05, 0) is 106 Å². The number of carbonyl (C=O) groups is 4. The molecule has 3 aliphatic carbocycles. The Balaban J connectivity index is 1.21. The molecular formula is C34H40N2O5. The minimum atomic E-state index is -0.584. The Morgan fingerprint density at radius 1 is 0.707 bits per heavy atom. The topological polar surface area (TPSA) is 84.0 Å². The summed E-state index contributed by atoms with van der Waals surface area (Å²) in [6.07, 6.45) is 4.24. The van der Waals surface area contributed by atoms with Gasteiger partial charge in [0.2, 0.25) is 23.6 Å². The summed E-state index contributed by atoms with van der Waals surface area (Å²) in [5.74, 6) is -1.59. The highest BCUT2D eigenvalue weighted by Gasteiger charge is 2.70. The van der Waals surface area contributed by atoms with Crippen molar-refractivity contribution in [3.63, 3.8) is 0 Å². The molecule has 0 N–H and O–H groups in total. The fourth-order valence-corrected chi connectivity index (χ4v) is 8.15. The predicted octanol–water partition coefficient (Wildman–Crippen LogP) is 6.32. The maximum absolute atomic E-state index is 13.8. The largest absolute Gasteiger partial charge is 0.457 e. The Morgan fingerprint density at radius 2 is 1.15 bits per heavy atom. The van der Waals surface area contributed by atoms with Crippen LogP contribution in [0.15, 0.2) is 48.5 Å². The highest BCUT2D eigenvalue weighted by molar-refractivity contribution is 6.23. The number of rotatable bonds is 8. The summed E-state index contributed by atoms with van der Waals surface area (Å²) in [5.41, 5.74) is 1.22. The van der Waals surface area contributed by atoms with Crippen LogP contribution in [0.2, 0.25) is 0 Å². The van der Waals surface area contributed by atoms with E-state index in [2.05, 4.69) is 26.0 Å². The van der Waals surface area contributed by atoms with Crippen molar-refractivity contribution in [1.29, 1.82) is 0 Å². The smallest absolute Gasteiger partial charge is 0.237 e. The standard InChI is InChI=1S/C34H40N2O5/c1-6-19(7-2)20-9-13-22(14-10-20)41-23-15-11-21(12-16-23)35-30(37)26-24-17-18-25(27(26)31(35)38)29-28(24)32(39)36(33(29)40)34(4,5)8-3/h9-16,19,24-29H,6-8,17-18H2,1-5H3. The molecule has 2 aromatic carbocycles. The van der Waals surface area contributed by atoms with E-state index in [-0.39, 0.29) is 35.5 Å². The second kappa shape index (κ2) is 10.1. The minimum Gasteiger partial charge on any atom is -0.457 e. The first-order valence-corrected chi connectivity index (χ1v) is 15.3. The molecule has 4 amide bonds. The lowest BCUT2D eigenvalue weighted by molar-refractivity contribution is -0.148. The molecule has 3 saturated carbocycles. The van der Waals surface area contributed by atoms with Crippen LogP contribution in [0, 0.1) is 35.5 Å². The van der Waals surface area contributed by atoms with Gasteiger partial charge in [0, 0.05) is 5.54 Å².